The molecule has 0 bridgehead atoms. The molecule has 96 valence electrons. The molecule has 0 amide bonds. The Labute approximate surface area is 110 Å². The van der Waals surface area contributed by atoms with Gasteiger partial charge in [-0.3, -0.25) is 0 Å². The molecule has 0 aliphatic carbocycles. The van der Waals surface area contributed by atoms with E-state index in [2.05, 4.69) is 22.4 Å². The topological polar surface area (TPSA) is 37.8 Å². The number of hydrogen-bond acceptors (Lipinski definition) is 4. The third-order valence-corrected chi connectivity index (χ3v) is 3.98. The second-order valence-corrected chi connectivity index (χ2v) is 5.16. The molecule has 2 rings (SSSR count). The molecule has 1 aromatic carbocycles. The van der Waals surface area contributed by atoms with E-state index in [4.69, 9.17) is 0 Å². The quantitative estimate of drug-likeness (QED) is 0.921. The van der Waals surface area contributed by atoms with E-state index in [9.17, 15) is 4.39 Å². The first kappa shape index (κ1) is 13.1. The van der Waals surface area contributed by atoms with Crippen LogP contribution < -0.4 is 5.32 Å². The number of benzene rings is 1. The molecule has 0 fully saturated rings. The van der Waals surface area contributed by atoms with Crippen molar-refractivity contribution < 1.29 is 4.39 Å². The van der Waals surface area contributed by atoms with Crippen LogP contribution in [0.4, 0.5) is 4.39 Å². The van der Waals surface area contributed by atoms with E-state index in [1.807, 2.05) is 14.0 Å². The number of nitrogens with zero attached hydrogens (tertiary/aromatic N) is 2. The maximum absolute atomic E-state index is 13.1. The average Bonchev–Trinajstić information content (AvgIpc) is 2.80. The molecule has 0 aliphatic heterocycles. The third kappa shape index (κ3) is 2.57. The summed E-state index contributed by atoms with van der Waals surface area (Å²) in [5.74, 6) is -0.220. The Morgan fingerprint density at radius 1 is 1.39 bits per heavy atom. The standard InChI is InChI=1S/C13H16FN3S/c1-4-11(15-3)13-17-16-12(18-13)10-6-5-9(14)7-8(10)2/h5-7,11,15H,4H2,1-3H3. The van der Waals surface area contributed by atoms with E-state index in [1.54, 1.807) is 17.4 Å². The molecule has 1 heterocycles. The van der Waals surface area contributed by atoms with Crippen LogP contribution in [0.5, 0.6) is 0 Å². The summed E-state index contributed by atoms with van der Waals surface area (Å²) in [6, 6.07) is 4.97. The van der Waals surface area contributed by atoms with Gasteiger partial charge >= 0.3 is 0 Å². The lowest BCUT2D eigenvalue weighted by Crippen LogP contribution is -2.14. The Morgan fingerprint density at radius 3 is 2.78 bits per heavy atom. The van der Waals surface area contributed by atoms with Crippen molar-refractivity contribution in [1.29, 1.82) is 0 Å². The molecule has 1 atom stereocenters. The summed E-state index contributed by atoms with van der Waals surface area (Å²) >= 11 is 1.56. The first-order valence-electron chi connectivity index (χ1n) is 5.93. The summed E-state index contributed by atoms with van der Waals surface area (Å²) in [4.78, 5) is 0. The molecule has 2 aromatic rings. The number of nitrogens with one attached hydrogen (secondary N) is 1. The van der Waals surface area contributed by atoms with Crippen molar-refractivity contribution in [2.75, 3.05) is 7.05 Å². The normalized spacial score (nSPS) is 12.7. The number of rotatable bonds is 4. The summed E-state index contributed by atoms with van der Waals surface area (Å²) < 4.78 is 13.1. The number of hydrogen-bond donors (Lipinski definition) is 1. The monoisotopic (exact) mass is 265 g/mol. The van der Waals surface area contributed by atoms with Crippen molar-refractivity contribution in [3.8, 4) is 10.6 Å². The van der Waals surface area contributed by atoms with Crippen LogP contribution in [-0.2, 0) is 0 Å². The van der Waals surface area contributed by atoms with Crippen LogP contribution in [0.25, 0.3) is 10.6 Å². The van der Waals surface area contributed by atoms with Gasteiger partial charge < -0.3 is 5.32 Å². The van der Waals surface area contributed by atoms with Gasteiger partial charge in [-0.15, -0.1) is 10.2 Å². The molecule has 18 heavy (non-hydrogen) atoms. The summed E-state index contributed by atoms with van der Waals surface area (Å²) in [6.07, 6.45) is 0.966. The first-order valence-corrected chi connectivity index (χ1v) is 6.74. The maximum Gasteiger partial charge on any atom is 0.148 e. The lowest BCUT2D eigenvalue weighted by molar-refractivity contribution is 0.568. The maximum atomic E-state index is 13.1. The summed E-state index contributed by atoms with van der Waals surface area (Å²) in [7, 11) is 1.92. The lowest BCUT2D eigenvalue weighted by atomic mass is 10.1. The van der Waals surface area contributed by atoms with Gasteiger partial charge in [0, 0.05) is 5.56 Å². The fourth-order valence-corrected chi connectivity index (χ4v) is 2.98. The van der Waals surface area contributed by atoms with Crippen LogP contribution in [0.1, 0.15) is 30.0 Å². The fourth-order valence-electron chi connectivity index (χ4n) is 1.85. The van der Waals surface area contributed by atoms with E-state index in [0.29, 0.717) is 0 Å². The average molecular weight is 265 g/mol. The molecular weight excluding hydrogens is 249 g/mol. The van der Waals surface area contributed by atoms with Crippen molar-refractivity contribution in [3.05, 3.63) is 34.6 Å². The van der Waals surface area contributed by atoms with E-state index < -0.39 is 0 Å². The fraction of sp³-hybridized carbons (Fsp3) is 0.385. The molecule has 0 saturated heterocycles. The van der Waals surface area contributed by atoms with Crippen LogP contribution in [0, 0.1) is 12.7 Å². The Kier molecular flexibility index (Phi) is 4.04. The second-order valence-electron chi connectivity index (χ2n) is 4.15. The Morgan fingerprint density at radius 2 is 2.17 bits per heavy atom. The van der Waals surface area contributed by atoms with Gasteiger partial charge in [0.15, 0.2) is 0 Å². The molecule has 0 aliphatic rings. The minimum atomic E-state index is -0.220. The van der Waals surface area contributed by atoms with Crippen molar-refractivity contribution in [3.63, 3.8) is 0 Å². The van der Waals surface area contributed by atoms with Crippen LogP contribution in [0.15, 0.2) is 18.2 Å². The highest BCUT2D eigenvalue weighted by atomic mass is 32.1. The minimum absolute atomic E-state index is 0.220. The van der Waals surface area contributed by atoms with E-state index in [1.165, 1.54) is 12.1 Å². The van der Waals surface area contributed by atoms with Gasteiger partial charge in [-0.2, -0.15) is 0 Å². The Hall–Kier alpha value is -1.33. The zero-order valence-electron chi connectivity index (χ0n) is 10.7. The predicted molar refractivity (Wildman–Crippen MR) is 72.1 cm³/mol. The largest absolute Gasteiger partial charge is 0.311 e. The highest BCUT2D eigenvalue weighted by Gasteiger charge is 2.15. The molecule has 3 nitrogen and oxygen atoms in total. The van der Waals surface area contributed by atoms with Gasteiger partial charge in [-0.25, -0.2) is 4.39 Å². The first-order chi connectivity index (χ1) is 8.65. The van der Waals surface area contributed by atoms with Gasteiger partial charge in [-0.1, -0.05) is 18.3 Å². The predicted octanol–water partition coefficient (Wildman–Crippen LogP) is 3.32. The second kappa shape index (κ2) is 5.54. The molecule has 0 spiro atoms. The molecule has 0 radical (unpaired) electrons. The number of aromatic nitrogens is 2. The van der Waals surface area contributed by atoms with Crippen LogP contribution in [-0.4, -0.2) is 17.2 Å². The van der Waals surface area contributed by atoms with Crippen molar-refractivity contribution in [2.24, 2.45) is 0 Å². The zero-order valence-corrected chi connectivity index (χ0v) is 11.5. The van der Waals surface area contributed by atoms with Crippen LogP contribution in [0.3, 0.4) is 0 Å². The number of halogens is 1. The summed E-state index contributed by atoms with van der Waals surface area (Å²) in [5.41, 5.74) is 1.83. The van der Waals surface area contributed by atoms with Crippen LogP contribution >= 0.6 is 11.3 Å². The summed E-state index contributed by atoms with van der Waals surface area (Å²) in [6.45, 7) is 3.99. The molecule has 1 unspecified atom stereocenters. The Bertz CT molecular complexity index is 535. The smallest absolute Gasteiger partial charge is 0.148 e. The SMILES string of the molecule is CCC(NC)c1nnc(-c2ccc(F)cc2C)s1. The van der Waals surface area contributed by atoms with E-state index in [-0.39, 0.29) is 11.9 Å². The summed E-state index contributed by atoms with van der Waals surface area (Å²) in [5, 5.41) is 13.4. The van der Waals surface area contributed by atoms with Crippen LogP contribution in [0.2, 0.25) is 0 Å². The highest BCUT2D eigenvalue weighted by molar-refractivity contribution is 7.14. The zero-order chi connectivity index (χ0) is 13.1. The molecule has 1 N–H and O–H groups in total. The van der Waals surface area contributed by atoms with E-state index in [0.717, 1.165) is 27.6 Å². The van der Waals surface area contributed by atoms with Gasteiger partial charge in [0.1, 0.15) is 15.8 Å². The van der Waals surface area contributed by atoms with Crippen molar-refractivity contribution >= 4 is 11.3 Å². The van der Waals surface area contributed by atoms with Gasteiger partial charge in [0.25, 0.3) is 0 Å². The minimum Gasteiger partial charge on any atom is -0.311 e. The number of aryl methyl sites for hydroxylation is 1. The molecule has 0 saturated carbocycles. The third-order valence-electron chi connectivity index (χ3n) is 2.91. The highest BCUT2D eigenvalue weighted by Crippen LogP contribution is 2.30. The molecule has 1 aromatic heterocycles. The van der Waals surface area contributed by atoms with Crippen molar-refractivity contribution in [1.82, 2.24) is 15.5 Å². The molecule has 5 heteroatoms. The van der Waals surface area contributed by atoms with E-state index >= 15 is 0 Å². The van der Waals surface area contributed by atoms with Gasteiger partial charge in [0.05, 0.1) is 6.04 Å². The Balaban J connectivity index is 2.34. The lowest BCUT2D eigenvalue weighted by Gasteiger charge is -2.08. The molecular formula is C13H16FN3S. The van der Waals surface area contributed by atoms with Gasteiger partial charge in [-0.05, 0) is 44.2 Å². The van der Waals surface area contributed by atoms with Crippen molar-refractivity contribution in [2.45, 2.75) is 26.3 Å². The van der Waals surface area contributed by atoms with Gasteiger partial charge in [0.2, 0.25) is 0 Å².